The van der Waals surface area contributed by atoms with Crippen LogP contribution in [0, 0.1) is 0 Å². The van der Waals surface area contributed by atoms with E-state index in [9.17, 15) is 0 Å². The normalized spacial score (nSPS) is 13.6. The van der Waals surface area contributed by atoms with Crippen molar-refractivity contribution < 1.29 is 4.43 Å². The summed E-state index contributed by atoms with van der Waals surface area (Å²) >= 11 is 0. The van der Waals surface area contributed by atoms with E-state index in [1.54, 1.807) is 0 Å². The maximum absolute atomic E-state index is 6.56. The summed E-state index contributed by atoms with van der Waals surface area (Å²) in [4.78, 5) is 0. The van der Waals surface area contributed by atoms with Crippen LogP contribution in [0.4, 0.5) is 0 Å². The van der Waals surface area contributed by atoms with Crippen molar-refractivity contribution >= 4 is 23.7 Å². The van der Waals surface area contributed by atoms with Gasteiger partial charge in [-0.3, -0.25) is 0 Å². The van der Waals surface area contributed by atoms with Gasteiger partial charge < -0.3 is 4.43 Å². The average molecular weight is 283 g/mol. The van der Waals surface area contributed by atoms with E-state index in [4.69, 9.17) is 4.43 Å². The van der Waals surface area contributed by atoms with E-state index in [0.29, 0.717) is 0 Å². The van der Waals surface area contributed by atoms with Crippen LogP contribution in [0.3, 0.4) is 0 Å². The van der Waals surface area contributed by atoms with E-state index in [-0.39, 0.29) is 5.22 Å². The van der Waals surface area contributed by atoms with Gasteiger partial charge in [-0.25, -0.2) is 0 Å². The molecule has 18 heavy (non-hydrogen) atoms. The zero-order valence-corrected chi connectivity index (χ0v) is 15.8. The van der Waals surface area contributed by atoms with Crippen molar-refractivity contribution in [3.05, 3.63) is 12.1 Å². The number of rotatable bonds is 8. The van der Waals surface area contributed by atoms with Crippen molar-refractivity contribution in [1.29, 1.82) is 0 Å². The van der Waals surface area contributed by atoms with Crippen LogP contribution in [-0.4, -0.2) is 28.9 Å². The molecular weight excluding hydrogens is 251 g/mol. The lowest BCUT2D eigenvalue weighted by Gasteiger charge is -2.48. The first kappa shape index (κ1) is 18.2. The Labute approximate surface area is 118 Å². The molecule has 0 unspecified atom stereocenters. The maximum atomic E-state index is 6.56. The second kappa shape index (κ2) is 6.58. The Kier molecular flexibility index (Phi) is 6.65. The number of hydrogen-bond donors (Lipinski definition) is 0. The quantitative estimate of drug-likeness (QED) is 0.579. The van der Waals surface area contributed by atoms with Gasteiger partial charge in [0.2, 0.25) is 0 Å². The molecule has 0 saturated heterocycles. The summed E-state index contributed by atoms with van der Waals surface area (Å²) in [6.07, 6.45) is 0. The fraction of sp³-hybridized carbons (Fsp3) is 0.857. The van der Waals surface area contributed by atoms with Crippen molar-refractivity contribution in [2.24, 2.45) is 0 Å². The van der Waals surface area contributed by atoms with Crippen LogP contribution in [0.15, 0.2) is 12.1 Å². The van der Waals surface area contributed by atoms with Crippen LogP contribution in [0.5, 0.6) is 0 Å². The van der Waals surface area contributed by atoms with Crippen LogP contribution >= 0.6 is 0 Å². The van der Waals surface area contributed by atoms with Gasteiger partial charge in [-0.05, 0) is 33.5 Å². The molecule has 0 N–H and O–H groups in total. The summed E-state index contributed by atoms with van der Waals surface area (Å²) in [7, 11) is -0.612. The minimum Gasteiger partial charge on any atom is -0.415 e. The topological polar surface area (TPSA) is 9.23 Å². The first-order chi connectivity index (χ1) is 7.99. The molecule has 4 heteroatoms. The van der Waals surface area contributed by atoms with Gasteiger partial charge in [-0.15, -0.1) is 12.1 Å². The predicted molar refractivity (Wildman–Crippen MR) is 90.6 cm³/mol. The predicted octanol–water partition coefficient (Wildman–Crippen LogP) is 4.84. The lowest BCUT2D eigenvalue weighted by atomic mass is 9.74. The lowest BCUT2D eigenvalue weighted by molar-refractivity contribution is 0.174. The zero-order chi connectivity index (χ0) is 14.6. The van der Waals surface area contributed by atoms with Crippen LogP contribution in [0.2, 0.25) is 37.7 Å². The molecule has 0 aromatic rings. The number of hydrogen-bond acceptors (Lipinski definition) is 1. The second-order valence-electron chi connectivity index (χ2n) is 6.97. The first-order valence-electron chi connectivity index (χ1n) is 7.18. The van der Waals surface area contributed by atoms with Gasteiger partial charge >= 0.3 is 0 Å². The first-order valence-corrected chi connectivity index (χ1v) is 13.2. The monoisotopic (exact) mass is 283 g/mol. The highest BCUT2D eigenvalue weighted by Gasteiger charge is 2.46. The second-order valence-corrected chi connectivity index (χ2v) is 17.0. The molecular formula is C14H32BOSi2. The molecule has 0 aliphatic heterocycles. The summed E-state index contributed by atoms with van der Waals surface area (Å²) in [5.41, 5.74) is 1.19. The Bertz CT molecular complexity index is 278. The molecule has 1 radical (unpaired) electrons. The molecule has 105 valence electrons. The standard InChI is InChI=1S/C14H32BOSi2/c1-10-18(11-2,12-15-13(3)4)14(5,6)16-17(7,8)9/h3,10-12H2,1-2,4-9H3. The summed E-state index contributed by atoms with van der Waals surface area (Å²) in [6, 6.07) is 2.56. The van der Waals surface area contributed by atoms with Crippen LogP contribution < -0.4 is 0 Å². The van der Waals surface area contributed by atoms with Crippen molar-refractivity contribution in [2.75, 3.05) is 0 Å². The fourth-order valence-electron chi connectivity index (χ4n) is 2.88. The van der Waals surface area contributed by atoms with Crippen LogP contribution in [0.25, 0.3) is 0 Å². The summed E-state index contributed by atoms with van der Waals surface area (Å²) in [5, 5.41) is 0.0624. The van der Waals surface area contributed by atoms with E-state index >= 15 is 0 Å². The molecule has 0 saturated carbocycles. The Morgan fingerprint density at radius 3 is 1.89 bits per heavy atom. The highest BCUT2D eigenvalue weighted by Crippen LogP contribution is 2.36. The number of allylic oxidation sites excluding steroid dienone is 1. The van der Waals surface area contributed by atoms with Crippen LogP contribution in [0.1, 0.15) is 34.6 Å². The molecule has 0 aliphatic rings. The molecule has 0 rings (SSSR count). The van der Waals surface area contributed by atoms with E-state index in [0.717, 1.165) is 0 Å². The van der Waals surface area contributed by atoms with Crippen molar-refractivity contribution in [1.82, 2.24) is 0 Å². The molecule has 0 amide bonds. The van der Waals surface area contributed by atoms with Crippen molar-refractivity contribution in [3.8, 4) is 0 Å². The SMILES string of the molecule is C=C(C)[B]C[Si](CC)(CC)C(C)(C)O[Si](C)(C)C. The minimum absolute atomic E-state index is 0.0624. The third kappa shape index (κ3) is 5.06. The molecule has 1 nitrogen and oxygen atoms in total. The third-order valence-electron chi connectivity index (χ3n) is 4.03. The van der Waals surface area contributed by atoms with Gasteiger partial charge in [-0.1, -0.05) is 38.8 Å². The lowest BCUT2D eigenvalue weighted by Crippen LogP contribution is -2.59. The summed E-state index contributed by atoms with van der Waals surface area (Å²) in [5.74, 6) is 1.20. The van der Waals surface area contributed by atoms with Gasteiger partial charge in [0.15, 0.2) is 8.32 Å². The summed E-state index contributed by atoms with van der Waals surface area (Å²) < 4.78 is 6.56. The van der Waals surface area contributed by atoms with Crippen molar-refractivity contribution in [2.45, 2.75) is 77.5 Å². The highest BCUT2D eigenvalue weighted by atomic mass is 28.4. The van der Waals surface area contributed by atoms with E-state index in [2.05, 4.69) is 68.1 Å². The molecule has 0 heterocycles. The van der Waals surface area contributed by atoms with Gasteiger partial charge in [0.1, 0.15) is 7.28 Å². The Morgan fingerprint density at radius 1 is 1.17 bits per heavy atom. The fourth-order valence-corrected chi connectivity index (χ4v) is 10.2. The largest absolute Gasteiger partial charge is 0.415 e. The molecule has 0 aromatic heterocycles. The smallest absolute Gasteiger partial charge is 0.184 e. The van der Waals surface area contributed by atoms with Crippen LogP contribution in [-0.2, 0) is 4.43 Å². The Balaban J connectivity index is 5.11. The molecule has 0 aliphatic carbocycles. The van der Waals surface area contributed by atoms with Gasteiger partial charge in [0.25, 0.3) is 0 Å². The maximum Gasteiger partial charge on any atom is 0.184 e. The Hall–Kier alpha value is 0.199. The third-order valence-corrected chi connectivity index (χ3v) is 11.7. The van der Waals surface area contributed by atoms with E-state index in [1.165, 1.54) is 23.5 Å². The molecule has 0 spiro atoms. The van der Waals surface area contributed by atoms with Crippen molar-refractivity contribution in [3.63, 3.8) is 0 Å². The van der Waals surface area contributed by atoms with E-state index < -0.39 is 16.4 Å². The van der Waals surface area contributed by atoms with Gasteiger partial charge in [0.05, 0.1) is 8.07 Å². The molecule has 0 fully saturated rings. The summed E-state index contributed by atoms with van der Waals surface area (Å²) in [6.45, 7) is 22.3. The highest BCUT2D eigenvalue weighted by molar-refractivity contribution is 6.89. The molecule has 0 aromatic carbocycles. The van der Waals surface area contributed by atoms with Gasteiger partial charge in [0, 0.05) is 5.22 Å². The van der Waals surface area contributed by atoms with Gasteiger partial charge in [-0.2, -0.15) is 0 Å². The Morgan fingerprint density at radius 2 is 1.61 bits per heavy atom. The zero-order valence-electron chi connectivity index (χ0n) is 13.8. The molecule has 0 atom stereocenters. The average Bonchev–Trinajstić information content (AvgIpc) is 2.15. The van der Waals surface area contributed by atoms with E-state index in [1.807, 2.05) is 0 Å². The minimum atomic E-state index is -1.49. The molecule has 0 bridgehead atoms.